The Morgan fingerprint density at radius 3 is 2.46 bits per heavy atom. The van der Waals surface area contributed by atoms with E-state index < -0.39 is 10.0 Å². The van der Waals surface area contributed by atoms with Crippen LogP contribution in [-0.4, -0.2) is 8.42 Å². The highest BCUT2D eigenvalue weighted by Gasteiger charge is 2.24. The van der Waals surface area contributed by atoms with E-state index in [2.05, 4.69) is 11.6 Å². The van der Waals surface area contributed by atoms with Crippen molar-refractivity contribution in [2.45, 2.75) is 31.1 Å². The lowest BCUT2D eigenvalue weighted by molar-refractivity contribution is 0.439. The molecule has 0 radical (unpaired) electrons. The lowest BCUT2D eigenvalue weighted by Crippen LogP contribution is -2.13. The van der Waals surface area contributed by atoms with Crippen molar-refractivity contribution < 1.29 is 12.8 Å². The molecule has 1 N–H and O–H groups in total. The summed E-state index contributed by atoms with van der Waals surface area (Å²) < 4.78 is 34.9. The van der Waals surface area contributed by atoms with Crippen molar-refractivity contribution in [1.82, 2.24) is 0 Å². The number of aryl methyl sites for hydroxylation is 1. The van der Waals surface area contributed by atoms with Gasteiger partial charge in [0.05, 0.1) is 10.6 Å². The molecule has 0 saturated heterocycles. The number of furan rings is 1. The van der Waals surface area contributed by atoms with Gasteiger partial charge in [-0.1, -0.05) is 49.4 Å². The monoisotopic (exact) mass is 391 g/mol. The third-order valence-corrected chi connectivity index (χ3v) is 6.98. The fraction of sp³-hybridized carbons (Fsp3) is 0.217. The van der Waals surface area contributed by atoms with Crippen molar-refractivity contribution >= 4 is 37.5 Å². The zero-order valence-electron chi connectivity index (χ0n) is 15.6. The first-order chi connectivity index (χ1) is 13.5. The molecule has 1 aliphatic carbocycles. The maximum absolute atomic E-state index is 12.9. The van der Waals surface area contributed by atoms with Crippen LogP contribution in [0.4, 0.5) is 5.69 Å². The Morgan fingerprint density at radius 2 is 1.68 bits per heavy atom. The van der Waals surface area contributed by atoms with Crippen LogP contribution >= 0.6 is 0 Å². The van der Waals surface area contributed by atoms with Crippen molar-refractivity contribution in [3.8, 4) is 0 Å². The number of hydrogen-bond donors (Lipinski definition) is 1. The quantitative estimate of drug-likeness (QED) is 0.501. The highest BCUT2D eigenvalue weighted by atomic mass is 32.2. The average Bonchev–Trinajstić information content (AvgIpc) is 3.07. The summed E-state index contributed by atoms with van der Waals surface area (Å²) in [5, 5.41) is 2.80. The molecular formula is C23H21NO3S. The first-order valence-electron chi connectivity index (χ1n) is 9.57. The molecule has 3 aromatic carbocycles. The van der Waals surface area contributed by atoms with E-state index in [1.807, 2.05) is 30.3 Å². The predicted molar refractivity (Wildman–Crippen MR) is 112 cm³/mol. The Hall–Kier alpha value is -2.79. The number of hydrogen-bond acceptors (Lipinski definition) is 3. The van der Waals surface area contributed by atoms with E-state index in [0.29, 0.717) is 11.6 Å². The lowest BCUT2D eigenvalue weighted by Gasteiger charge is -2.17. The Morgan fingerprint density at radius 1 is 0.964 bits per heavy atom. The number of anilines is 1. The van der Waals surface area contributed by atoms with Crippen LogP contribution in [0.1, 0.15) is 24.7 Å². The van der Waals surface area contributed by atoms with E-state index >= 15 is 0 Å². The predicted octanol–water partition coefficient (Wildman–Crippen LogP) is 5.51. The van der Waals surface area contributed by atoms with Gasteiger partial charge in [0.25, 0.3) is 10.0 Å². The van der Waals surface area contributed by atoms with Gasteiger partial charge >= 0.3 is 0 Å². The van der Waals surface area contributed by atoms with E-state index in [4.69, 9.17) is 4.42 Å². The normalized spacial score (nSPS) is 17.0. The van der Waals surface area contributed by atoms with Crippen LogP contribution in [0.5, 0.6) is 0 Å². The van der Waals surface area contributed by atoms with Gasteiger partial charge in [0.15, 0.2) is 0 Å². The van der Waals surface area contributed by atoms with Crippen molar-refractivity contribution in [3.05, 3.63) is 72.0 Å². The summed E-state index contributed by atoms with van der Waals surface area (Å²) in [5.74, 6) is 1.64. The minimum Gasteiger partial charge on any atom is -0.460 e. The smallest absolute Gasteiger partial charge is 0.261 e. The third kappa shape index (κ3) is 2.78. The number of rotatable bonds is 3. The summed E-state index contributed by atoms with van der Waals surface area (Å²) in [7, 11) is -3.67. The minimum atomic E-state index is -3.67. The van der Waals surface area contributed by atoms with Crippen molar-refractivity contribution in [2.24, 2.45) is 5.92 Å². The molecule has 1 atom stereocenters. The van der Waals surface area contributed by atoms with Crippen molar-refractivity contribution in [3.63, 3.8) is 0 Å². The van der Waals surface area contributed by atoms with E-state index in [1.165, 1.54) is 5.56 Å². The molecule has 5 rings (SSSR count). The van der Waals surface area contributed by atoms with Crippen LogP contribution in [-0.2, 0) is 22.9 Å². The molecule has 1 unspecified atom stereocenters. The molecule has 1 heterocycles. The van der Waals surface area contributed by atoms with Gasteiger partial charge in [0.2, 0.25) is 0 Å². The summed E-state index contributed by atoms with van der Waals surface area (Å²) in [6.45, 7) is 2.25. The van der Waals surface area contributed by atoms with Gasteiger partial charge in [-0.2, -0.15) is 0 Å². The second-order valence-electron chi connectivity index (χ2n) is 7.62. The molecule has 4 aromatic rings. The van der Waals surface area contributed by atoms with Gasteiger partial charge in [0, 0.05) is 28.1 Å². The lowest BCUT2D eigenvalue weighted by atomic mass is 9.87. The Kier molecular flexibility index (Phi) is 3.95. The molecule has 4 nitrogen and oxygen atoms in total. The zero-order valence-corrected chi connectivity index (χ0v) is 16.4. The van der Waals surface area contributed by atoms with Crippen LogP contribution < -0.4 is 4.72 Å². The highest BCUT2D eigenvalue weighted by Crippen LogP contribution is 2.40. The van der Waals surface area contributed by atoms with Gasteiger partial charge in [0.1, 0.15) is 11.3 Å². The molecule has 0 bridgehead atoms. The second kappa shape index (κ2) is 6.38. The molecule has 5 heteroatoms. The average molecular weight is 391 g/mol. The van der Waals surface area contributed by atoms with E-state index in [9.17, 15) is 8.42 Å². The molecular weight excluding hydrogens is 370 g/mol. The largest absolute Gasteiger partial charge is 0.460 e. The number of benzene rings is 3. The zero-order chi connectivity index (χ0) is 19.3. The first kappa shape index (κ1) is 17.3. The molecule has 28 heavy (non-hydrogen) atoms. The molecule has 1 aliphatic rings. The summed E-state index contributed by atoms with van der Waals surface area (Å²) in [4.78, 5) is 0.252. The summed E-state index contributed by atoms with van der Waals surface area (Å²) in [6, 6.07) is 18.2. The third-order valence-electron chi connectivity index (χ3n) is 5.60. The molecule has 0 amide bonds. The topological polar surface area (TPSA) is 59.3 Å². The summed E-state index contributed by atoms with van der Waals surface area (Å²) in [5.41, 5.74) is 2.67. The van der Waals surface area contributed by atoms with Crippen LogP contribution in [0.3, 0.4) is 0 Å². The van der Waals surface area contributed by atoms with Crippen LogP contribution in [0, 0.1) is 5.92 Å². The van der Waals surface area contributed by atoms with Crippen LogP contribution in [0.25, 0.3) is 21.7 Å². The van der Waals surface area contributed by atoms with Crippen LogP contribution in [0.15, 0.2) is 70.0 Å². The fourth-order valence-electron chi connectivity index (χ4n) is 4.16. The molecule has 142 valence electrons. The van der Waals surface area contributed by atoms with E-state index in [0.717, 1.165) is 46.8 Å². The minimum absolute atomic E-state index is 0.252. The Bertz CT molecular complexity index is 1290. The van der Waals surface area contributed by atoms with Crippen LogP contribution in [0.2, 0.25) is 0 Å². The highest BCUT2D eigenvalue weighted by molar-refractivity contribution is 7.92. The Balaban J connectivity index is 1.73. The van der Waals surface area contributed by atoms with Gasteiger partial charge in [-0.25, -0.2) is 8.42 Å². The van der Waals surface area contributed by atoms with E-state index in [-0.39, 0.29) is 4.90 Å². The van der Waals surface area contributed by atoms with Gasteiger partial charge in [-0.15, -0.1) is 0 Å². The molecule has 1 aromatic heterocycles. The Labute approximate surface area is 164 Å². The SMILES string of the molecule is CC1CCc2oc3c(cc(NS(=O)(=O)c4ccccc4)c4ccccc43)c2C1. The number of sulfonamides is 1. The van der Waals surface area contributed by atoms with E-state index in [1.54, 1.807) is 30.3 Å². The first-order valence-corrected chi connectivity index (χ1v) is 11.0. The molecule has 0 aliphatic heterocycles. The number of nitrogens with one attached hydrogen (secondary N) is 1. The summed E-state index contributed by atoms with van der Waals surface area (Å²) >= 11 is 0. The maximum atomic E-state index is 12.9. The summed E-state index contributed by atoms with van der Waals surface area (Å²) in [6.07, 6.45) is 3.02. The fourth-order valence-corrected chi connectivity index (χ4v) is 5.25. The van der Waals surface area contributed by atoms with Gasteiger partial charge in [-0.3, -0.25) is 4.72 Å². The van der Waals surface area contributed by atoms with Crippen molar-refractivity contribution in [1.29, 1.82) is 0 Å². The van der Waals surface area contributed by atoms with Crippen molar-refractivity contribution in [2.75, 3.05) is 4.72 Å². The molecule has 0 saturated carbocycles. The van der Waals surface area contributed by atoms with Gasteiger partial charge in [-0.05, 0) is 37.0 Å². The molecule has 0 spiro atoms. The number of fused-ring (bicyclic) bond motifs is 5. The molecule has 0 fully saturated rings. The second-order valence-corrected chi connectivity index (χ2v) is 9.30. The standard InChI is InChI=1S/C23H21NO3S/c1-15-11-12-22-19(13-15)20-14-21(17-9-5-6-10-18(17)23(20)27-22)24-28(25,26)16-7-3-2-4-8-16/h2-10,14-15,24H,11-13H2,1H3. The maximum Gasteiger partial charge on any atom is 0.261 e. The van der Waals surface area contributed by atoms with Gasteiger partial charge < -0.3 is 4.42 Å².